The number of thiophene rings is 1. The molecule has 0 saturated heterocycles. The lowest BCUT2D eigenvalue weighted by Gasteiger charge is -2.09. The normalized spacial score (nSPS) is 12.9. The minimum absolute atomic E-state index is 0.297. The highest BCUT2D eigenvalue weighted by atomic mass is 32.2. The molecule has 0 bridgehead atoms. The topological polar surface area (TPSA) is 51.8 Å². The molecule has 1 unspecified atom stereocenters. The molecule has 0 aliphatic carbocycles. The second-order valence-corrected chi connectivity index (χ2v) is 7.33. The summed E-state index contributed by atoms with van der Waals surface area (Å²) in [4.78, 5) is 2.64. The fourth-order valence-electron chi connectivity index (χ4n) is 1.30. The van der Waals surface area contributed by atoms with E-state index >= 15 is 0 Å². The summed E-state index contributed by atoms with van der Waals surface area (Å²) in [6, 6.07) is 4.28. The molecule has 2 rings (SSSR count). The lowest BCUT2D eigenvalue weighted by atomic mass is 10.3. The van der Waals surface area contributed by atoms with Crippen molar-refractivity contribution in [3.8, 4) is 0 Å². The molecule has 0 spiro atoms. The van der Waals surface area contributed by atoms with E-state index in [1.165, 1.54) is 9.75 Å². The minimum atomic E-state index is 0.297. The third-order valence-electron chi connectivity index (χ3n) is 2.04. The second kappa shape index (κ2) is 5.27. The van der Waals surface area contributed by atoms with Crippen LogP contribution in [0, 0.1) is 13.8 Å². The Hall–Kier alpha value is -0.430. The van der Waals surface area contributed by atoms with Crippen molar-refractivity contribution < 1.29 is 0 Å². The number of hydrogen-bond acceptors (Lipinski definition) is 6. The van der Waals surface area contributed by atoms with Gasteiger partial charge in [-0.05, 0) is 26.0 Å². The highest BCUT2D eigenvalue weighted by Gasteiger charge is 2.15. The van der Waals surface area contributed by atoms with Gasteiger partial charge in [-0.15, -0.1) is 21.5 Å². The van der Waals surface area contributed by atoms with Crippen LogP contribution in [0.3, 0.4) is 0 Å². The molecule has 0 aromatic carbocycles. The number of nitrogens with two attached hydrogens (primary N) is 1. The van der Waals surface area contributed by atoms with Crippen molar-refractivity contribution in [1.29, 1.82) is 0 Å². The maximum absolute atomic E-state index is 5.81. The number of thioether (sulfide) groups is 1. The van der Waals surface area contributed by atoms with Crippen molar-refractivity contribution in [2.75, 3.05) is 6.54 Å². The standard InChI is InChI=1S/C10H13N3S3/c1-6-3-4-8(14-6)9(5-11)16-10-13-12-7(2)15-10/h3-4,9H,5,11H2,1-2H3. The van der Waals surface area contributed by atoms with Crippen molar-refractivity contribution >= 4 is 34.4 Å². The van der Waals surface area contributed by atoms with Crippen LogP contribution in [0.25, 0.3) is 0 Å². The van der Waals surface area contributed by atoms with Gasteiger partial charge in [0.15, 0.2) is 4.34 Å². The zero-order valence-corrected chi connectivity index (χ0v) is 11.6. The predicted octanol–water partition coefficient (Wildman–Crippen LogP) is 3.01. The Labute approximate surface area is 107 Å². The van der Waals surface area contributed by atoms with Crippen molar-refractivity contribution in [3.05, 3.63) is 26.9 Å². The number of nitrogens with zero attached hydrogens (tertiary/aromatic N) is 2. The van der Waals surface area contributed by atoms with Gasteiger partial charge in [0.05, 0.1) is 5.25 Å². The van der Waals surface area contributed by atoms with Gasteiger partial charge in [0, 0.05) is 16.3 Å². The van der Waals surface area contributed by atoms with Crippen LogP contribution in [-0.2, 0) is 0 Å². The molecule has 0 saturated carbocycles. The molecule has 0 radical (unpaired) electrons. The van der Waals surface area contributed by atoms with Crippen LogP contribution in [0.15, 0.2) is 16.5 Å². The molecule has 0 amide bonds. The average molecular weight is 271 g/mol. The number of hydrogen-bond donors (Lipinski definition) is 1. The zero-order chi connectivity index (χ0) is 11.5. The van der Waals surface area contributed by atoms with E-state index in [0.717, 1.165) is 9.35 Å². The molecular weight excluding hydrogens is 258 g/mol. The van der Waals surface area contributed by atoms with E-state index in [2.05, 4.69) is 29.3 Å². The van der Waals surface area contributed by atoms with Gasteiger partial charge in [-0.3, -0.25) is 0 Å². The van der Waals surface area contributed by atoms with Crippen LogP contribution < -0.4 is 5.73 Å². The second-order valence-electron chi connectivity index (χ2n) is 3.38. The van der Waals surface area contributed by atoms with Gasteiger partial charge in [0.2, 0.25) is 0 Å². The minimum Gasteiger partial charge on any atom is -0.329 e. The number of aromatic nitrogens is 2. The van der Waals surface area contributed by atoms with Gasteiger partial charge >= 0.3 is 0 Å². The van der Waals surface area contributed by atoms with Crippen molar-refractivity contribution in [2.24, 2.45) is 5.73 Å². The molecular formula is C10H13N3S3. The largest absolute Gasteiger partial charge is 0.329 e. The summed E-state index contributed by atoms with van der Waals surface area (Å²) in [6.45, 7) is 4.71. The Balaban J connectivity index is 2.12. The van der Waals surface area contributed by atoms with E-state index in [0.29, 0.717) is 11.8 Å². The van der Waals surface area contributed by atoms with E-state index in [4.69, 9.17) is 5.73 Å². The van der Waals surface area contributed by atoms with Gasteiger partial charge in [0.1, 0.15) is 5.01 Å². The fourth-order valence-corrected chi connectivity index (χ4v) is 4.40. The predicted molar refractivity (Wildman–Crippen MR) is 71.4 cm³/mol. The highest BCUT2D eigenvalue weighted by Crippen LogP contribution is 2.38. The summed E-state index contributed by atoms with van der Waals surface area (Å²) in [6.07, 6.45) is 0. The number of rotatable bonds is 4. The first-order chi connectivity index (χ1) is 7.69. The molecule has 2 aromatic rings. The molecule has 2 N–H and O–H groups in total. The highest BCUT2D eigenvalue weighted by molar-refractivity contribution is 8.01. The Kier molecular flexibility index (Phi) is 3.96. The van der Waals surface area contributed by atoms with Crippen molar-refractivity contribution in [3.63, 3.8) is 0 Å². The lowest BCUT2D eigenvalue weighted by molar-refractivity contribution is 0.942. The van der Waals surface area contributed by atoms with E-state index in [9.17, 15) is 0 Å². The third kappa shape index (κ3) is 2.82. The summed E-state index contributed by atoms with van der Waals surface area (Å²) in [5, 5.41) is 9.43. The van der Waals surface area contributed by atoms with Crippen LogP contribution >= 0.6 is 34.4 Å². The van der Waals surface area contributed by atoms with E-state index in [1.54, 1.807) is 34.4 Å². The smallest absolute Gasteiger partial charge is 0.174 e. The van der Waals surface area contributed by atoms with Crippen LogP contribution in [0.2, 0.25) is 0 Å². The summed E-state index contributed by atoms with van der Waals surface area (Å²) in [7, 11) is 0. The van der Waals surface area contributed by atoms with Crippen molar-refractivity contribution in [1.82, 2.24) is 10.2 Å². The van der Waals surface area contributed by atoms with Gasteiger partial charge in [0.25, 0.3) is 0 Å². The van der Waals surface area contributed by atoms with E-state index in [-0.39, 0.29) is 0 Å². The first-order valence-corrected chi connectivity index (χ1v) is 7.43. The molecule has 0 aliphatic heterocycles. The van der Waals surface area contributed by atoms with Crippen LogP contribution in [-0.4, -0.2) is 16.7 Å². The quantitative estimate of drug-likeness (QED) is 0.869. The van der Waals surface area contributed by atoms with Gasteiger partial charge in [-0.1, -0.05) is 23.1 Å². The Bertz CT molecular complexity index is 463. The Morgan fingerprint density at radius 1 is 1.31 bits per heavy atom. The maximum atomic E-state index is 5.81. The fraction of sp³-hybridized carbons (Fsp3) is 0.400. The summed E-state index contributed by atoms with van der Waals surface area (Å²) in [5.74, 6) is 0. The molecule has 0 aliphatic rings. The SMILES string of the molecule is Cc1ccc(C(CN)Sc2nnc(C)s2)s1. The van der Waals surface area contributed by atoms with E-state index in [1.807, 2.05) is 6.92 Å². The first kappa shape index (κ1) is 12.0. The summed E-state index contributed by atoms with van der Waals surface area (Å²) in [5.41, 5.74) is 5.81. The average Bonchev–Trinajstić information content (AvgIpc) is 2.84. The van der Waals surface area contributed by atoms with Gasteiger partial charge in [-0.2, -0.15) is 0 Å². The third-order valence-corrected chi connectivity index (χ3v) is 5.49. The zero-order valence-electron chi connectivity index (χ0n) is 9.14. The van der Waals surface area contributed by atoms with Crippen LogP contribution in [0.1, 0.15) is 20.0 Å². The number of aryl methyl sites for hydroxylation is 2. The molecule has 1 atom stereocenters. The first-order valence-electron chi connectivity index (χ1n) is 4.92. The van der Waals surface area contributed by atoms with Crippen molar-refractivity contribution in [2.45, 2.75) is 23.4 Å². The lowest BCUT2D eigenvalue weighted by Crippen LogP contribution is -2.07. The molecule has 2 heterocycles. The van der Waals surface area contributed by atoms with Crippen LogP contribution in [0.5, 0.6) is 0 Å². The van der Waals surface area contributed by atoms with E-state index < -0.39 is 0 Å². The molecule has 3 nitrogen and oxygen atoms in total. The Morgan fingerprint density at radius 2 is 2.12 bits per heavy atom. The monoisotopic (exact) mass is 271 g/mol. The van der Waals surface area contributed by atoms with Crippen LogP contribution in [0.4, 0.5) is 0 Å². The molecule has 2 aromatic heterocycles. The molecule has 0 fully saturated rings. The summed E-state index contributed by atoms with van der Waals surface area (Å²) < 4.78 is 0.999. The maximum Gasteiger partial charge on any atom is 0.174 e. The molecule has 16 heavy (non-hydrogen) atoms. The van der Waals surface area contributed by atoms with Gasteiger partial charge < -0.3 is 5.73 Å². The molecule has 6 heteroatoms. The Morgan fingerprint density at radius 3 is 2.62 bits per heavy atom. The summed E-state index contributed by atoms with van der Waals surface area (Å²) >= 11 is 5.13. The molecule has 86 valence electrons. The van der Waals surface area contributed by atoms with Gasteiger partial charge in [-0.25, -0.2) is 0 Å².